The number of hydrogen-bond acceptors (Lipinski definition) is 5. The molecular weight excluding hydrogens is 251 g/mol. The van der Waals surface area contributed by atoms with Crippen LogP contribution in [0.2, 0.25) is 0 Å². The number of aromatic nitrogens is 2. The zero-order valence-corrected chi connectivity index (χ0v) is 11.2. The maximum atomic E-state index is 13.4. The average Bonchev–Trinajstić information content (AvgIpc) is 2.84. The molecule has 2 rings (SSSR count). The lowest BCUT2D eigenvalue weighted by Crippen LogP contribution is -2.15. The number of rotatable bonds is 5. The predicted molar refractivity (Wildman–Crippen MR) is 72.8 cm³/mol. The molecule has 2 heterocycles. The summed E-state index contributed by atoms with van der Waals surface area (Å²) in [6.45, 7) is 0.735. The Balaban J connectivity index is 1.95. The largest absolute Gasteiger partial charge is 0.360 e. The van der Waals surface area contributed by atoms with Gasteiger partial charge in [-0.15, -0.1) is 11.3 Å². The first-order valence-electron chi connectivity index (χ1n) is 5.63. The fourth-order valence-electron chi connectivity index (χ4n) is 1.51. The molecule has 0 aromatic carbocycles. The van der Waals surface area contributed by atoms with Gasteiger partial charge in [-0.2, -0.15) is 4.98 Å². The van der Waals surface area contributed by atoms with Crippen molar-refractivity contribution in [2.45, 2.75) is 6.42 Å². The van der Waals surface area contributed by atoms with Gasteiger partial charge in [-0.1, -0.05) is 6.07 Å². The van der Waals surface area contributed by atoms with Gasteiger partial charge in [0.25, 0.3) is 0 Å². The summed E-state index contributed by atoms with van der Waals surface area (Å²) in [5, 5.41) is 5.15. The Hall–Kier alpha value is -1.69. The van der Waals surface area contributed by atoms with Crippen LogP contribution in [0, 0.1) is 5.82 Å². The highest BCUT2D eigenvalue weighted by molar-refractivity contribution is 7.09. The summed E-state index contributed by atoms with van der Waals surface area (Å²) in [7, 11) is 3.50. The summed E-state index contributed by atoms with van der Waals surface area (Å²) >= 11 is 1.72. The fraction of sp³-hybridized carbons (Fsp3) is 0.333. The molecule has 0 aliphatic carbocycles. The molecule has 1 N–H and O–H groups in total. The third-order valence-electron chi connectivity index (χ3n) is 2.38. The maximum Gasteiger partial charge on any atom is 0.224 e. The second kappa shape index (κ2) is 5.77. The summed E-state index contributed by atoms with van der Waals surface area (Å²) in [4.78, 5) is 11.0. The van der Waals surface area contributed by atoms with Crippen molar-refractivity contribution < 1.29 is 4.39 Å². The summed E-state index contributed by atoms with van der Waals surface area (Å²) in [5.74, 6) is 0.337. The van der Waals surface area contributed by atoms with Gasteiger partial charge in [0.05, 0.1) is 6.20 Å². The molecule has 2 aromatic heterocycles. The first-order chi connectivity index (χ1) is 8.66. The van der Waals surface area contributed by atoms with E-state index in [2.05, 4.69) is 21.4 Å². The van der Waals surface area contributed by atoms with Gasteiger partial charge in [-0.3, -0.25) is 0 Å². The van der Waals surface area contributed by atoms with E-state index in [0.29, 0.717) is 11.8 Å². The molecule has 4 nitrogen and oxygen atoms in total. The van der Waals surface area contributed by atoms with Crippen molar-refractivity contribution in [3.05, 3.63) is 34.4 Å². The lowest BCUT2D eigenvalue weighted by molar-refractivity contribution is 0.612. The van der Waals surface area contributed by atoms with E-state index in [9.17, 15) is 4.39 Å². The van der Waals surface area contributed by atoms with Gasteiger partial charge in [0.15, 0.2) is 11.6 Å². The Morgan fingerprint density at radius 3 is 2.94 bits per heavy atom. The summed E-state index contributed by atoms with van der Waals surface area (Å²) < 4.78 is 13.4. The van der Waals surface area contributed by atoms with Crippen LogP contribution >= 0.6 is 11.3 Å². The highest BCUT2D eigenvalue weighted by Crippen LogP contribution is 2.14. The molecule has 0 aliphatic rings. The molecule has 96 valence electrons. The third-order valence-corrected chi connectivity index (χ3v) is 3.32. The van der Waals surface area contributed by atoms with Crippen molar-refractivity contribution in [1.29, 1.82) is 0 Å². The molecule has 18 heavy (non-hydrogen) atoms. The highest BCUT2D eigenvalue weighted by Gasteiger charge is 2.08. The molecule has 6 heteroatoms. The summed E-state index contributed by atoms with van der Waals surface area (Å²) in [6, 6.07) is 4.11. The van der Waals surface area contributed by atoms with Crippen LogP contribution in [-0.4, -0.2) is 30.6 Å². The molecule has 0 radical (unpaired) electrons. The second-order valence-corrected chi connectivity index (χ2v) is 5.05. The van der Waals surface area contributed by atoms with Crippen LogP contribution in [0.5, 0.6) is 0 Å². The molecule has 0 unspecified atom stereocenters. The average molecular weight is 266 g/mol. The van der Waals surface area contributed by atoms with Crippen LogP contribution in [0.4, 0.5) is 16.2 Å². The van der Waals surface area contributed by atoms with E-state index in [0.717, 1.165) is 13.0 Å². The normalized spacial score (nSPS) is 10.4. The zero-order valence-electron chi connectivity index (χ0n) is 10.4. The summed E-state index contributed by atoms with van der Waals surface area (Å²) in [5.41, 5.74) is 0. The standard InChI is InChI=1S/C12H15FN4S/c1-17(2)11-10(13)8-15-12(16-11)14-6-5-9-4-3-7-18-9/h3-4,7-8H,5-6H2,1-2H3,(H,14,15,16). The molecule has 0 spiro atoms. The van der Waals surface area contributed by atoms with Crippen LogP contribution in [0.3, 0.4) is 0 Å². The molecule has 0 aliphatic heterocycles. The van der Waals surface area contributed by atoms with Crippen molar-refractivity contribution in [2.24, 2.45) is 0 Å². The van der Waals surface area contributed by atoms with Gasteiger partial charge >= 0.3 is 0 Å². The minimum Gasteiger partial charge on any atom is -0.360 e. The maximum absolute atomic E-state index is 13.4. The van der Waals surface area contributed by atoms with E-state index in [-0.39, 0.29) is 0 Å². The number of halogens is 1. The van der Waals surface area contributed by atoms with Gasteiger partial charge < -0.3 is 10.2 Å². The van der Waals surface area contributed by atoms with Crippen LogP contribution < -0.4 is 10.2 Å². The van der Waals surface area contributed by atoms with Gasteiger partial charge in [0, 0.05) is 25.5 Å². The monoisotopic (exact) mass is 266 g/mol. The SMILES string of the molecule is CN(C)c1nc(NCCc2cccs2)ncc1F. The lowest BCUT2D eigenvalue weighted by Gasteiger charge is -2.13. The number of hydrogen-bond donors (Lipinski definition) is 1. The topological polar surface area (TPSA) is 41.1 Å². The Labute approximate surface area is 110 Å². The molecular formula is C12H15FN4S. The number of anilines is 2. The van der Waals surface area contributed by atoms with E-state index < -0.39 is 5.82 Å². The number of nitrogens with zero attached hydrogens (tertiary/aromatic N) is 3. The quantitative estimate of drug-likeness (QED) is 0.902. The molecule has 0 amide bonds. The molecule has 0 saturated heterocycles. The molecule has 2 aromatic rings. The minimum atomic E-state index is -0.413. The van der Waals surface area contributed by atoms with E-state index in [1.165, 1.54) is 11.1 Å². The van der Waals surface area contributed by atoms with E-state index >= 15 is 0 Å². The fourth-order valence-corrected chi connectivity index (χ4v) is 2.22. The van der Waals surface area contributed by atoms with Crippen molar-refractivity contribution >= 4 is 23.1 Å². The van der Waals surface area contributed by atoms with Crippen LogP contribution in [0.1, 0.15) is 4.88 Å². The number of nitrogens with one attached hydrogen (secondary N) is 1. The first-order valence-corrected chi connectivity index (χ1v) is 6.51. The van der Waals surface area contributed by atoms with Crippen molar-refractivity contribution in [3.63, 3.8) is 0 Å². The Morgan fingerprint density at radius 1 is 1.44 bits per heavy atom. The van der Waals surface area contributed by atoms with Crippen molar-refractivity contribution in [2.75, 3.05) is 30.9 Å². The third kappa shape index (κ3) is 3.16. The summed E-state index contributed by atoms with van der Waals surface area (Å²) in [6.07, 6.45) is 2.10. The van der Waals surface area contributed by atoms with Crippen molar-refractivity contribution in [1.82, 2.24) is 9.97 Å². The van der Waals surface area contributed by atoms with Gasteiger partial charge in [-0.05, 0) is 17.9 Å². The molecule has 0 atom stereocenters. The minimum absolute atomic E-state index is 0.295. The lowest BCUT2D eigenvalue weighted by atomic mass is 10.3. The molecule has 0 saturated carbocycles. The van der Waals surface area contributed by atoms with Gasteiger partial charge in [0.1, 0.15) is 0 Å². The molecule has 0 fully saturated rings. The first kappa shape index (κ1) is 12.8. The van der Waals surface area contributed by atoms with Crippen LogP contribution in [-0.2, 0) is 6.42 Å². The Kier molecular flexibility index (Phi) is 4.09. The van der Waals surface area contributed by atoms with E-state index in [4.69, 9.17) is 0 Å². The highest BCUT2D eigenvalue weighted by atomic mass is 32.1. The van der Waals surface area contributed by atoms with E-state index in [1.807, 2.05) is 11.4 Å². The van der Waals surface area contributed by atoms with Crippen LogP contribution in [0.25, 0.3) is 0 Å². The van der Waals surface area contributed by atoms with Gasteiger partial charge in [-0.25, -0.2) is 9.37 Å². The Morgan fingerprint density at radius 2 is 2.28 bits per heavy atom. The Bertz CT molecular complexity index is 499. The van der Waals surface area contributed by atoms with Crippen molar-refractivity contribution in [3.8, 4) is 0 Å². The molecule has 0 bridgehead atoms. The predicted octanol–water partition coefficient (Wildman–Crippen LogP) is 2.40. The van der Waals surface area contributed by atoms with Crippen LogP contribution in [0.15, 0.2) is 23.7 Å². The smallest absolute Gasteiger partial charge is 0.224 e. The number of thiophene rings is 1. The zero-order chi connectivity index (χ0) is 13.0. The van der Waals surface area contributed by atoms with E-state index in [1.54, 1.807) is 30.3 Å². The second-order valence-electron chi connectivity index (χ2n) is 4.02. The van der Waals surface area contributed by atoms with Gasteiger partial charge in [0.2, 0.25) is 5.95 Å².